The fourth-order valence-electron chi connectivity index (χ4n) is 4.94. The molecule has 1 amide bonds. The Labute approximate surface area is 147 Å². The molecule has 5 nitrogen and oxygen atoms in total. The maximum atomic E-state index is 12.7. The zero-order valence-corrected chi connectivity index (χ0v) is 14.3. The molecule has 130 valence electrons. The van der Waals surface area contributed by atoms with Gasteiger partial charge in [-0.15, -0.1) is 0 Å². The average molecular weight is 338 g/mol. The molecule has 25 heavy (non-hydrogen) atoms. The molecular formula is C20H22N2O3. The largest absolute Gasteiger partial charge is 0.469 e. The summed E-state index contributed by atoms with van der Waals surface area (Å²) >= 11 is 0. The van der Waals surface area contributed by atoms with Crippen LogP contribution in [0.4, 0.5) is 0 Å². The molecule has 3 aliphatic carbocycles. The van der Waals surface area contributed by atoms with E-state index in [1.54, 1.807) is 6.07 Å². The maximum Gasteiger partial charge on any atom is 0.311 e. The molecule has 3 fully saturated rings. The molecule has 1 aromatic carbocycles. The van der Waals surface area contributed by atoms with Gasteiger partial charge in [-0.3, -0.25) is 9.59 Å². The SMILES string of the molecule is COC(=O)[C@@H]1[C@H]2CC[C@@H](C2)[C@@H]1NC(=O)[C@@H]1C[C@@H]1c1cccc(C#N)c1. The van der Waals surface area contributed by atoms with Gasteiger partial charge in [0.25, 0.3) is 0 Å². The smallest absolute Gasteiger partial charge is 0.311 e. The molecule has 0 unspecified atom stereocenters. The van der Waals surface area contributed by atoms with E-state index in [1.807, 2.05) is 18.2 Å². The van der Waals surface area contributed by atoms with E-state index in [2.05, 4.69) is 11.4 Å². The molecule has 5 heteroatoms. The second-order valence-corrected chi connectivity index (χ2v) is 7.60. The van der Waals surface area contributed by atoms with Crippen molar-refractivity contribution in [2.24, 2.45) is 23.7 Å². The Morgan fingerprint density at radius 3 is 2.80 bits per heavy atom. The van der Waals surface area contributed by atoms with Gasteiger partial charge in [-0.25, -0.2) is 0 Å². The lowest BCUT2D eigenvalue weighted by Gasteiger charge is -2.29. The third kappa shape index (κ3) is 2.80. The first kappa shape index (κ1) is 16.1. The summed E-state index contributed by atoms with van der Waals surface area (Å²) in [4.78, 5) is 24.8. The number of benzene rings is 1. The van der Waals surface area contributed by atoms with Gasteiger partial charge in [-0.05, 0) is 61.1 Å². The highest BCUT2D eigenvalue weighted by Crippen LogP contribution is 2.51. The van der Waals surface area contributed by atoms with Gasteiger partial charge in [-0.1, -0.05) is 12.1 Å². The van der Waals surface area contributed by atoms with Crippen LogP contribution in [0.5, 0.6) is 0 Å². The van der Waals surface area contributed by atoms with Crippen molar-refractivity contribution < 1.29 is 14.3 Å². The number of carbonyl (C=O) groups is 2. The molecule has 0 spiro atoms. The van der Waals surface area contributed by atoms with Crippen molar-refractivity contribution in [3.05, 3.63) is 35.4 Å². The molecule has 3 saturated carbocycles. The zero-order valence-electron chi connectivity index (χ0n) is 14.3. The number of carbonyl (C=O) groups excluding carboxylic acids is 2. The number of hydrogen-bond donors (Lipinski definition) is 1. The monoisotopic (exact) mass is 338 g/mol. The lowest BCUT2D eigenvalue weighted by molar-refractivity contribution is -0.148. The molecule has 1 aromatic rings. The van der Waals surface area contributed by atoms with Crippen LogP contribution in [0.25, 0.3) is 0 Å². The summed E-state index contributed by atoms with van der Waals surface area (Å²) in [5, 5.41) is 12.2. The van der Waals surface area contributed by atoms with Crippen LogP contribution in [0.15, 0.2) is 24.3 Å². The standard InChI is InChI=1S/C20H22N2O3/c1-25-20(24)17-13-5-6-14(8-13)18(17)22-19(23)16-9-15(16)12-4-2-3-11(7-12)10-21/h2-4,7,13-18H,5-6,8-9H2,1H3,(H,22,23)/t13-,14-,15+,16+,17+,18-/m0/s1. The number of rotatable bonds is 4. The van der Waals surface area contributed by atoms with Crippen molar-refractivity contribution in [1.29, 1.82) is 5.26 Å². The predicted molar refractivity (Wildman–Crippen MR) is 90.3 cm³/mol. The normalized spacial score (nSPS) is 35.0. The summed E-state index contributed by atoms with van der Waals surface area (Å²) in [6.45, 7) is 0. The van der Waals surface area contributed by atoms with Crippen LogP contribution in [0.3, 0.4) is 0 Å². The number of methoxy groups -OCH3 is 1. The van der Waals surface area contributed by atoms with Gasteiger partial charge in [0.2, 0.25) is 5.91 Å². The van der Waals surface area contributed by atoms with Crippen molar-refractivity contribution in [3.63, 3.8) is 0 Å². The van der Waals surface area contributed by atoms with Gasteiger partial charge >= 0.3 is 5.97 Å². The molecule has 0 radical (unpaired) electrons. The Morgan fingerprint density at radius 2 is 2.04 bits per heavy atom. The minimum absolute atomic E-state index is 0.0406. The van der Waals surface area contributed by atoms with Crippen LogP contribution < -0.4 is 5.32 Å². The number of fused-ring (bicyclic) bond motifs is 2. The summed E-state index contributed by atoms with van der Waals surface area (Å²) in [6, 6.07) is 9.55. The van der Waals surface area contributed by atoms with Gasteiger partial charge in [0.05, 0.1) is 24.7 Å². The average Bonchev–Trinajstić information content (AvgIpc) is 3.21. The molecule has 2 bridgehead atoms. The lowest BCUT2D eigenvalue weighted by Crippen LogP contribution is -2.47. The van der Waals surface area contributed by atoms with E-state index in [9.17, 15) is 9.59 Å². The van der Waals surface area contributed by atoms with E-state index < -0.39 is 0 Å². The van der Waals surface area contributed by atoms with Gasteiger partial charge in [0.1, 0.15) is 0 Å². The number of esters is 1. The molecule has 6 atom stereocenters. The molecule has 4 rings (SSSR count). The van der Waals surface area contributed by atoms with Crippen LogP contribution in [-0.2, 0) is 14.3 Å². The maximum absolute atomic E-state index is 12.7. The summed E-state index contributed by atoms with van der Waals surface area (Å²) in [5.41, 5.74) is 1.68. The summed E-state index contributed by atoms with van der Waals surface area (Å²) < 4.78 is 4.97. The number of amides is 1. The molecule has 0 aliphatic heterocycles. The second kappa shape index (κ2) is 6.18. The highest BCUT2D eigenvalue weighted by Gasteiger charge is 2.53. The van der Waals surface area contributed by atoms with Crippen molar-refractivity contribution in [1.82, 2.24) is 5.32 Å². The molecule has 0 heterocycles. The van der Waals surface area contributed by atoms with Crippen LogP contribution in [0.2, 0.25) is 0 Å². The van der Waals surface area contributed by atoms with Gasteiger partial charge in [-0.2, -0.15) is 5.26 Å². The number of nitrogens with zero attached hydrogens (tertiary/aromatic N) is 1. The molecule has 0 saturated heterocycles. The number of nitriles is 1. The molecule has 1 N–H and O–H groups in total. The summed E-state index contributed by atoms with van der Waals surface area (Å²) in [7, 11) is 1.42. The Balaban J connectivity index is 1.43. The van der Waals surface area contributed by atoms with E-state index in [-0.39, 0.29) is 35.7 Å². The van der Waals surface area contributed by atoms with Gasteiger partial charge in [0.15, 0.2) is 0 Å². The topological polar surface area (TPSA) is 79.2 Å². The first-order valence-corrected chi connectivity index (χ1v) is 9.00. The van der Waals surface area contributed by atoms with E-state index in [4.69, 9.17) is 10.00 Å². The Kier molecular flexibility index (Phi) is 3.99. The lowest BCUT2D eigenvalue weighted by atomic mass is 9.84. The minimum Gasteiger partial charge on any atom is -0.469 e. The molecular weight excluding hydrogens is 316 g/mol. The number of nitrogens with one attached hydrogen (secondary N) is 1. The van der Waals surface area contributed by atoms with Gasteiger partial charge in [0, 0.05) is 12.0 Å². The summed E-state index contributed by atoms with van der Waals surface area (Å²) in [6.07, 6.45) is 3.97. The van der Waals surface area contributed by atoms with Crippen molar-refractivity contribution in [2.75, 3.05) is 7.11 Å². The van der Waals surface area contributed by atoms with Gasteiger partial charge < -0.3 is 10.1 Å². The predicted octanol–water partition coefficient (Wildman–Crippen LogP) is 2.37. The quantitative estimate of drug-likeness (QED) is 0.855. The summed E-state index contributed by atoms with van der Waals surface area (Å²) in [5.74, 6) is 0.550. The Bertz CT molecular complexity index is 754. The van der Waals surface area contributed by atoms with E-state index in [0.29, 0.717) is 17.4 Å². The van der Waals surface area contributed by atoms with Crippen molar-refractivity contribution in [2.45, 2.75) is 37.6 Å². The Morgan fingerprint density at radius 1 is 1.24 bits per heavy atom. The van der Waals surface area contributed by atoms with E-state index in [0.717, 1.165) is 31.2 Å². The fourth-order valence-corrected chi connectivity index (χ4v) is 4.94. The second-order valence-electron chi connectivity index (χ2n) is 7.60. The number of ether oxygens (including phenoxy) is 1. The highest BCUT2D eigenvalue weighted by molar-refractivity contribution is 5.84. The van der Waals surface area contributed by atoms with Crippen LogP contribution in [0, 0.1) is 35.0 Å². The minimum atomic E-state index is -0.188. The van der Waals surface area contributed by atoms with Crippen LogP contribution in [0.1, 0.15) is 42.7 Å². The van der Waals surface area contributed by atoms with Crippen LogP contribution in [-0.4, -0.2) is 25.0 Å². The fraction of sp³-hybridized carbons (Fsp3) is 0.550. The third-order valence-corrected chi connectivity index (χ3v) is 6.27. The number of hydrogen-bond acceptors (Lipinski definition) is 4. The first-order chi connectivity index (χ1) is 12.1. The zero-order chi connectivity index (χ0) is 17.6. The van der Waals surface area contributed by atoms with Crippen molar-refractivity contribution in [3.8, 4) is 6.07 Å². The molecule has 3 aliphatic rings. The van der Waals surface area contributed by atoms with Crippen LogP contribution >= 0.6 is 0 Å². The Hall–Kier alpha value is -2.35. The van der Waals surface area contributed by atoms with E-state index in [1.165, 1.54) is 7.11 Å². The first-order valence-electron chi connectivity index (χ1n) is 9.00. The highest BCUT2D eigenvalue weighted by atomic mass is 16.5. The third-order valence-electron chi connectivity index (χ3n) is 6.27. The molecule has 0 aromatic heterocycles. The van der Waals surface area contributed by atoms with E-state index >= 15 is 0 Å². The van der Waals surface area contributed by atoms with Crippen molar-refractivity contribution >= 4 is 11.9 Å².